The molecule has 2 amide bonds. The third-order valence-corrected chi connectivity index (χ3v) is 3.85. The van der Waals surface area contributed by atoms with E-state index in [0.717, 1.165) is 11.1 Å². The number of benzene rings is 2. The summed E-state index contributed by atoms with van der Waals surface area (Å²) in [5.41, 5.74) is 7.34. The predicted octanol–water partition coefficient (Wildman–Crippen LogP) is 1.93. The van der Waals surface area contributed by atoms with Crippen molar-refractivity contribution in [3.05, 3.63) is 71.3 Å². The average Bonchev–Trinajstić information content (AvgIpc) is 2.61. The zero-order valence-corrected chi connectivity index (χ0v) is 14.0. The summed E-state index contributed by atoms with van der Waals surface area (Å²) in [4.78, 5) is 24.1. The van der Waals surface area contributed by atoms with Gasteiger partial charge in [-0.2, -0.15) is 0 Å². The maximum absolute atomic E-state index is 12.4. The monoisotopic (exact) mass is 325 g/mol. The van der Waals surface area contributed by atoms with Crippen LogP contribution >= 0.6 is 0 Å². The first-order valence-corrected chi connectivity index (χ1v) is 7.95. The van der Waals surface area contributed by atoms with E-state index in [2.05, 4.69) is 10.6 Å². The SMILES string of the molecule is CCNC(=O)c1ccc(CNC(=O)C(C)(N)c2ccccc2)cc1. The Morgan fingerprint density at radius 3 is 2.21 bits per heavy atom. The Morgan fingerprint density at radius 2 is 1.62 bits per heavy atom. The molecule has 0 spiro atoms. The van der Waals surface area contributed by atoms with Crippen molar-refractivity contribution in [3.63, 3.8) is 0 Å². The number of hydrogen-bond acceptors (Lipinski definition) is 3. The maximum atomic E-state index is 12.4. The Balaban J connectivity index is 1.98. The minimum Gasteiger partial charge on any atom is -0.352 e. The molecule has 5 heteroatoms. The van der Waals surface area contributed by atoms with Crippen LogP contribution in [0.2, 0.25) is 0 Å². The summed E-state index contributed by atoms with van der Waals surface area (Å²) in [6.45, 7) is 4.51. The van der Waals surface area contributed by atoms with E-state index in [1.807, 2.05) is 49.4 Å². The summed E-state index contributed by atoms with van der Waals surface area (Å²) in [6, 6.07) is 16.4. The lowest BCUT2D eigenvalue weighted by molar-refractivity contribution is -0.126. The Labute approximate surface area is 142 Å². The summed E-state index contributed by atoms with van der Waals surface area (Å²) in [5, 5.41) is 5.59. The molecule has 0 fully saturated rings. The second-order valence-corrected chi connectivity index (χ2v) is 5.81. The number of carbonyl (C=O) groups is 2. The Kier molecular flexibility index (Phi) is 5.71. The van der Waals surface area contributed by atoms with Gasteiger partial charge in [-0.15, -0.1) is 0 Å². The Hall–Kier alpha value is -2.66. The molecule has 0 aromatic heterocycles. The lowest BCUT2D eigenvalue weighted by Gasteiger charge is -2.24. The quantitative estimate of drug-likeness (QED) is 0.759. The molecule has 2 aromatic carbocycles. The van der Waals surface area contributed by atoms with E-state index in [9.17, 15) is 9.59 Å². The van der Waals surface area contributed by atoms with E-state index in [0.29, 0.717) is 18.7 Å². The van der Waals surface area contributed by atoms with Gasteiger partial charge >= 0.3 is 0 Å². The van der Waals surface area contributed by atoms with Crippen LogP contribution in [-0.4, -0.2) is 18.4 Å². The van der Waals surface area contributed by atoms with Crippen LogP contribution in [0.15, 0.2) is 54.6 Å². The van der Waals surface area contributed by atoms with Gasteiger partial charge < -0.3 is 16.4 Å². The second kappa shape index (κ2) is 7.75. The van der Waals surface area contributed by atoms with Crippen LogP contribution in [0.1, 0.15) is 35.3 Å². The smallest absolute Gasteiger partial charge is 0.251 e. The molecule has 0 bridgehead atoms. The zero-order valence-electron chi connectivity index (χ0n) is 14.0. The summed E-state index contributed by atoms with van der Waals surface area (Å²) in [5.74, 6) is -0.354. The normalized spacial score (nSPS) is 13.0. The van der Waals surface area contributed by atoms with E-state index >= 15 is 0 Å². The third kappa shape index (κ3) is 4.20. The van der Waals surface area contributed by atoms with Gasteiger partial charge in [-0.05, 0) is 37.1 Å². The number of amides is 2. The Morgan fingerprint density at radius 1 is 1.00 bits per heavy atom. The fourth-order valence-corrected chi connectivity index (χ4v) is 2.32. The highest BCUT2D eigenvalue weighted by atomic mass is 16.2. The lowest BCUT2D eigenvalue weighted by Crippen LogP contribution is -2.48. The first kappa shape index (κ1) is 17.7. The fourth-order valence-electron chi connectivity index (χ4n) is 2.32. The van der Waals surface area contributed by atoms with Crippen LogP contribution in [0.4, 0.5) is 0 Å². The van der Waals surface area contributed by atoms with E-state index in [1.54, 1.807) is 19.1 Å². The molecule has 1 unspecified atom stereocenters. The number of nitrogens with two attached hydrogens (primary N) is 1. The van der Waals surface area contributed by atoms with Gasteiger partial charge in [-0.25, -0.2) is 0 Å². The highest BCUT2D eigenvalue weighted by Crippen LogP contribution is 2.17. The maximum Gasteiger partial charge on any atom is 0.251 e. The van der Waals surface area contributed by atoms with Crippen molar-refractivity contribution in [1.29, 1.82) is 0 Å². The van der Waals surface area contributed by atoms with Crippen molar-refractivity contribution < 1.29 is 9.59 Å². The fraction of sp³-hybridized carbons (Fsp3) is 0.263. The van der Waals surface area contributed by atoms with Crippen LogP contribution in [0, 0.1) is 0 Å². The van der Waals surface area contributed by atoms with Crippen LogP contribution in [0.5, 0.6) is 0 Å². The molecule has 2 aromatic rings. The van der Waals surface area contributed by atoms with Crippen molar-refractivity contribution in [2.45, 2.75) is 25.9 Å². The summed E-state index contributed by atoms with van der Waals surface area (Å²) >= 11 is 0. The Bertz CT molecular complexity index is 694. The molecular weight excluding hydrogens is 302 g/mol. The van der Waals surface area contributed by atoms with Crippen molar-refractivity contribution in [3.8, 4) is 0 Å². The molecule has 0 radical (unpaired) electrons. The van der Waals surface area contributed by atoms with Gasteiger partial charge in [-0.3, -0.25) is 9.59 Å². The average molecular weight is 325 g/mol. The van der Waals surface area contributed by atoms with Crippen molar-refractivity contribution in [1.82, 2.24) is 10.6 Å². The lowest BCUT2D eigenvalue weighted by atomic mass is 9.92. The third-order valence-electron chi connectivity index (χ3n) is 3.85. The van der Waals surface area contributed by atoms with Gasteiger partial charge in [0.05, 0.1) is 0 Å². The van der Waals surface area contributed by atoms with Crippen LogP contribution in [0.3, 0.4) is 0 Å². The van der Waals surface area contributed by atoms with Gasteiger partial charge in [0, 0.05) is 18.7 Å². The number of nitrogens with one attached hydrogen (secondary N) is 2. The molecule has 24 heavy (non-hydrogen) atoms. The molecule has 0 aliphatic rings. The van der Waals surface area contributed by atoms with E-state index in [1.165, 1.54) is 0 Å². The second-order valence-electron chi connectivity index (χ2n) is 5.81. The molecule has 0 heterocycles. The van der Waals surface area contributed by atoms with E-state index in [-0.39, 0.29) is 11.8 Å². The largest absolute Gasteiger partial charge is 0.352 e. The molecular formula is C19H23N3O2. The summed E-state index contributed by atoms with van der Waals surface area (Å²) < 4.78 is 0. The van der Waals surface area contributed by atoms with Crippen LogP contribution < -0.4 is 16.4 Å². The van der Waals surface area contributed by atoms with E-state index in [4.69, 9.17) is 5.73 Å². The number of rotatable bonds is 6. The first-order chi connectivity index (χ1) is 11.4. The van der Waals surface area contributed by atoms with Gasteiger partial charge in [0.2, 0.25) is 5.91 Å². The topological polar surface area (TPSA) is 84.2 Å². The van der Waals surface area contributed by atoms with E-state index < -0.39 is 5.54 Å². The van der Waals surface area contributed by atoms with Gasteiger partial charge in [0.15, 0.2) is 0 Å². The van der Waals surface area contributed by atoms with Crippen molar-refractivity contribution in [2.24, 2.45) is 5.73 Å². The predicted molar refractivity (Wildman–Crippen MR) is 94.3 cm³/mol. The minimum atomic E-state index is -1.10. The molecule has 0 aliphatic carbocycles. The van der Waals surface area contributed by atoms with Crippen molar-refractivity contribution >= 4 is 11.8 Å². The van der Waals surface area contributed by atoms with Gasteiger partial charge in [-0.1, -0.05) is 42.5 Å². The molecule has 0 aliphatic heterocycles. The van der Waals surface area contributed by atoms with Crippen LogP contribution in [-0.2, 0) is 16.9 Å². The highest BCUT2D eigenvalue weighted by molar-refractivity contribution is 5.94. The summed E-state index contributed by atoms with van der Waals surface area (Å²) in [6.07, 6.45) is 0. The van der Waals surface area contributed by atoms with Gasteiger partial charge in [0.25, 0.3) is 5.91 Å². The standard InChI is InChI=1S/C19H23N3O2/c1-3-21-17(23)15-11-9-14(10-12-15)13-22-18(24)19(2,20)16-7-5-4-6-8-16/h4-12H,3,13,20H2,1-2H3,(H,21,23)(H,22,24). The molecule has 0 saturated heterocycles. The minimum absolute atomic E-state index is 0.105. The highest BCUT2D eigenvalue weighted by Gasteiger charge is 2.29. The van der Waals surface area contributed by atoms with Crippen molar-refractivity contribution in [2.75, 3.05) is 6.54 Å². The first-order valence-electron chi connectivity index (χ1n) is 7.95. The molecule has 0 saturated carbocycles. The molecule has 4 N–H and O–H groups in total. The molecule has 5 nitrogen and oxygen atoms in total. The number of hydrogen-bond donors (Lipinski definition) is 3. The van der Waals surface area contributed by atoms with Gasteiger partial charge in [0.1, 0.15) is 5.54 Å². The molecule has 126 valence electrons. The molecule has 2 rings (SSSR count). The number of carbonyl (C=O) groups excluding carboxylic acids is 2. The molecule has 1 atom stereocenters. The van der Waals surface area contributed by atoms with Crippen LogP contribution in [0.25, 0.3) is 0 Å². The summed E-state index contributed by atoms with van der Waals surface area (Å²) in [7, 11) is 0. The zero-order chi connectivity index (χ0) is 17.6.